The molecule has 252 valence electrons. The van der Waals surface area contributed by atoms with Crippen LogP contribution in [0.2, 0.25) is 0 Å². The number of piperazine rings is 1. The quantitative estimate of drug-likeness (QED) is 0.384. The molecule has 2 aromatic rings. The van der Waals surface area contributed by atoms with Crippen LogP contribution in [0.15, 0.2) is 47.4 Å². The molecule has 2 unspecified atom stereocenters. The van der Waals surface area contributed by atoms with Crippen molar-refractivity contribution in [1.29, 1.82) is 0 Å². The predicted octanol–water partition coefficient (Wildman–Crippen LogP) is 4.00. The SMILES string of the molecule is O=C(N1CCNC2CS(=O)(=O)CC21)N1CC[C@@]2(S(=O)(=O)c3ccc(F)cc3)c3ccc(C(F)(C(F)(F)F)C(F)(F)F)cc3CC[C@@H]12. The van der Waals surface area contributed by atoms with Crippen LogP contribution < -0.4 is 5.32 Å². The maximum atomic E-state index is 15.0. The minimum Gasteiger partial charge on any atom is -0.320 e. The van der Waals surface area contributed by atoms with Crippen molar-refractivity contribution in [3.63, 3.8) is 0 Å². The van der Waals surface area contributed by atoms with Crippen molar-refractivity contribution < 1.29 is 56.8 Å². The molecule has 0 spiro atoms. The molecule has 0 bridgehead atoms. The van der Waals surface area contributed by atoms with Crippen LogP contribution in [0.25, 0.3) is 0 Å². The van der Waals surface area contributed by atoms with Crippen LogP contribution in [-0.2, 0) is 36.5 Å². The number of urea groups is 1. The van der Waals surface area contributed by atoms with Crippen molar-refractivity contribution in [2.75, 3.05) is 31.1 Å². The number of nitrogens with one attached hydrogen (secondary N) is 1. The molecule has 46 heavy (non-hydrogen) atoms. The second-order valence-electron chi connectivity index (χ2n) is 12.1. The summed E-state index contributed by atoms with van der Waals surface area (Å²) < 4.78 is 162. The molecule has 1 aliphatic carbocycles. The van der Waals surface area contributed by atoms with Gasteiger partial charge < -0.3 is 15.1 Å². The molecule has 2 amide bonds. The Morgan fingerprint density at radius 2 is 1.57 bits per heavy atom. The lowest BCUT2D eigenvalue weighted by atomic mass is 9.77. The molecule has 0 radical (unpaired) electrons. The highest BCUT2D eigenvalue weighted by molar-refractivity contribution is 7.92. The van der Waals surface area contributed by atoms with E-state index in [-0.39, 0.29) is 67.6 Å². The predicted molar refractivity (Wildman–Crippen MR) is 146 cm³/mol. The number of fused-ring (bicyclic) bond motifs is 4. The monoisotopic (exact) mass is 701 g/mol. The largest absolute Gasteiger partial charge is 0.435 e. The number of sulfone groups is 2. The number of rotatable bonds is 3. The number of hydrogen-bond donors (Lipinski definition) is 1. The molecule has 6 rings (SSSR count). The number of nitrogens with zero attached hydrogens (tertiary/aromatic N) is 2. The van der Waals surface area contributed by atoms with E-state index in [9.17, 15) is 52.4 Å². The molecule has 18 heteroatoms. The van der Waals surface area contributed by atoms with Crippen molar-refractivity contribution >= 4 is 25.7 Å². The van der Waals surface area contributed by atoms with Gasteiger partial charge in [-0.2, -0.15) is 26.3 Å². The van der Waals surface area contributed by atoms with Crippen LogP contribution in [-0.4, -0.2) is 94.3 Å². The topological polar surface area (TPSA) is 104 Å². The number of benzene rings is 2. The Hall–Kier alpha value is -2.99. The van der Waals surface area contributed by atoms with Gasteiger partial charge in [0.2, 0.25) is 0 Å². The van der Waals surface area contributed by atoms with Gasteiger partial charge in [-0.15, -0.1) is 0 Å². The van der Waals surface area contributed by atoms with Crippen LogP contribution >= 0.6 is 0 Å². The van der Waals surface area contributed by atoms with Crippen LogP contribution in [0.4, 0.5) is 39.9 Å². The minimum absolute atomic E-state index is 0.101. The van der Waals surface area contributed by atoms with E-state index in [0.29, 0.717) is 6.07 Å². The van der Waals surface area contributed by atoms with Gasteiger partial charge in [-0.25, -0.2) is 30.4 Å². The Balaban J connectivity index is 1.48. The van der Waals surface area contributed by atoms with Crippen molar-refractivity contribution in [1.82, 2.24) is 15.1 Å². The van der Waals surface area contributed by atoms with E-state index in [1.54, 1.807) is 0 Å². The standard InChI is InChI=1S/C28H27F8N3O5S2/c29-18-3-5-19(6-4-18)46(43,44)25-9-11-39(24(40)38-12-10-37-21-14-45(41,42)15-22(21)38)23(25)8-1-16-13-17(2-7-20(16)25)26(30,27(31,32)33)28(34,35)36/h2-7,13,21-23,37H,1,8-12,14-15H2/t21?,22?,23-,25-/m1/s1. The first-order valence-corrected chi connectivity index (χ1v) is 17.5. The molecule has 4 atom stereocenters. The number of halogens is 8. The Morgan fingerprint density at radius 1 is 0.913 bits per heavy atom. The van der Waals surface area contributed by atoms with Crippen LogP contribution in [0.5, 0.6) is 0 Å². The lowest BCUT2D eigenvalue weighted by molar-refractivity contribution is -0.348. The molecular weight excluding hydrogens is 674 g/mol. The number of alkyl halides is 7. The zero-order chi connectivity index (χ0) is 33.7. The van der Waals surface area contributed by atoms with E-state index >= 15 is 4.39 Å². The van der Waals surface area contributed by atoms with Gasteiger partial charge in [-0.3, -0.25) is 0 Å². The smallest absolute Gasteiger partial charge is 0.320 e. The fourth-order valence-corrected chi connectivity index (χ4v) is 11.9. The van der Waals surface area contributed by atoms with Crippen LogP contribution in [0.3, 0.4) is 0 Å². The second kappa shape index (κ2) is 10.5. The molecular formula is C28H27F8N3O5S2. The van der Waals surface area contributed by atoms with E-state index in [1.165, 1.54) is 9.80 Å². The molecule has 8 nitrogen and oxygen atoms in total. The average Bonchev–Trinajstić information content (AvgIpc) is 3.52. The van der Waals surface area contributed by atoms with Crippen LogP contribution in [0, 0.1) is 5.82 Å². The maximum Gasteiger partial charge on any atom is 0.435 e. The van der Waals surface area contributed by atoms with E-state index in [1.807, 2.05) is 0 Å². The van der Waals surface area contributed by atoms with Crippen molar-refractivity contribution in [2.45, 2.75) is 65.1 Å². The summed E-state index contributed by atoms with van der Waals surface area (Å²) in [6.45, 7) is 0.149. The number of likely N-dealkylation sites (tertiary alicyclic amines) is 1. The first-order valence-electron chi connectivity index (χ1n) is 14.2. The molecule has 1 N–H and O–H groups in total. The van der Waals surface area contributed by atoms with Crippen molar-refractivity contribution in [3.05, 3.63) is 65.0 Å². The Morgan fingerprint density at radius 3 is 2.20 bits per heavy atom. The fraction of sp³-hybridized carbons (Fsp3) is 0.536. The fourth-order valence-electron chi connectivity index (χ4n) is 7.55. The first kappa shape index (κ1) is 32.9. The number of carbonyl (C=O) groups is 1. The molecule has 0 aromatic heterocycles. The second-order valence-corrected chi connectivity index (χ2v) is 16.4. The third kappa shape index (κ3) is 4.71. The Kier molecular flexibility index (Phi) is 7.52. The number of hydrogen-bond acceptors (Lipinski definition) is 6. The van der Waals surface area contributed by atoms with E-state index in [0.717, 1.165) is 30.3 Å². The van der Waals surface area contributed by atoms with Gasteiger partial charge in [-0.1, -0.05) is 18.2 Å². The zero-order valence-corrected chi connectivity index (χ0v) is 25.3. The lowest BCUT2D eigenvalue weighted by Gasteiger charge is -2.45. The van der Waals surface area contributed by atoms with Crippen LogP contribution in [0.1, 0.15) is 29.5 Å². The summed E-state index contributed by atoms with van der Waals surface area (Å²) in [6, 6.07) is 1.91. The van der Waals surface area contributed by atoms with Gasteiger partial charge in [-0.05, 0) is 54.7 Å². The van der Waals surface area contributed by atoms with Crippen molar-refractivity contribution in [2.24, 2.45) is 0 Å². The summed E-state index contributed by atoms with van der Waals surface area (Å²) in [5.74, 6) is -1.29. The summed E-state index contributed by atoms with van der Waals surface area (Å²) in [6.07, 6.45) is -13.7. The lowest BCUT2D eigenvalue weighted by Crippen LogP contribution is -2.63. The van der Waals surface area contributed by atoms with Gasteiger partial charge in [0.1, 0.15) is 10.6 Å². The Bertz CT molecular complexity index is 1770. The highest BCUT2D eigenvalue weighted by atomic mass is 32.2. The summed E-state index contributed by atoms with van der Waals surface area (Å²) in [7, 11) is -8.14. The van der Waals surface area contributed by atoms with Gasteiger partial charge in [0, 0.05) is 31.2 Å². The molecule has 0 saturated carbocycles. The van der Waals surface area contributed by atoms with Gasteiger partial charge in [0.05, 0.1) is 28.5 Å². The van der Waals surface area contributed by atoms with E-state index < -0.39 is 82.9 Å². The maximum absolute atomic E-state index is 15.0. The zero-order valence-electron chi connectivity index (χ0n) is 23.7. The Labute approximate surface area is 258 Å². The van der Waals surface area contributed by atoms with Gasteiger partial charge >= 0.3 is 24.1 Å². The highest BCUT2D eigenvalue weighted by Gasteiger charge is 2.74. The van der Waals surface area contributed by atoms with E-state index in [4.69, 9.17) is 0 Å². The molecule has 3 aliphatic heterocycles. The highest BCUT2D eigenvalue weighted by Crippen LogP contribution is 2.57. The first-order chi connectivity index (χ1) is 21.2. The minimum atomic E-state index is -6.39. The van der Waals surface area contributed by atoms with E-state index in [2.05, 4.69) is 5.32 Å². The number of aryl methyl sites for hydroxylation is 1. The number of amides is 2. The average molecular weight is 702 g/mol. The van der Waals surface area contributed by atoms with Gasteiger partial charge in [0.15, 0.2) is 19.7 Å². The number of carbonyl (C=O) groups excluding carboxylic acids is 1. The molecule has 3 heterocycles. The third-order valence-corrected chi connectivity index (χ3v) is 13.9. The summed E-state index contributed by atoms with van der Waals surface area (Å²) in [5.41, 5.74) is -7.97. The molecule has 3 fully saturated rings. The summed E-state index contributed by atoms with van der Waals surface area (Å²) in [5, 5.41) is 3.07. The van der Waals surface area contributed by atoms with Crippen molar-refractivity contribution in [3.8, 4) is 0 Å². The summed E-state index contributed by atoms with van der Waals surface area (Å²) in [4.78, 5) is 16.3. The normalized spacial score (nSPS) is 28.0. The molecule has 3 saturated heterocycles. The third-order valence-electron chi connectivity index (χ3n) is 9.64. The molecule has 2 aromatic carbocycles. The molecule has 4 aliphatic rings. The summed E-state index contributed by atoms with van der Waals surface area (Å²) >= 11 is 0. The van der Waals surface area contributed by atoms with Gasteiger partial charge in [0.25, 0.3) is 0 Å².